The van der Waals surface area contributed by atoms with Gasteiger partial charge in [0.15, 0.2) is 0 Å². The number of hydrogen-bond donors (Lipinski definition) is 0. The minimum Gasteiger partial charge on any atom is -0.490 e. The van der Waals surface area contributed by atoms with Gasteiger partial charge in [0.05, 0.1) is 5.56 Å². The summed E-state index contributed by atoms with van der Waals surface area (Å²) in [5.74, 6) is 0.475. The van der Waals surface area contributed by atoms with Gasteiger partial charge in [0.2, 0.25) is 0 Å². The molecular weight excluding hydrogens is 264 g/mol. The van der Waals surface area contributed by atoms with Crippen LogP contribution in [-0.2, 0) is 4.74 Å². The second-order valence-electron chi connectivity index (χ2n) is 5.10. The molecule has 0 bridgehead atoms. The lowest BCUT2D eigenvalue weighted by atomic mass is 10.1. The van der Waals surface area contributed by atoms with Crippen molar-refractivity contribution in [3.05, 3.63) is 64.7 Å². The maximum absolute atomic E-state index is 11.9. The fraction of sp³-hybridized carbons (Fsp3) is 0.278. The number of rotatable bonds is 5. The largest absolute Gasteiger partial charge is 0.490 e. The number of aryl methyl sites for hydroxylation is 3. The molecule has 3 heteroatoms. The molecule has 0 amide bonds. The maximum Gasteiger partial charge on any atom is 0.338 e. The predicted octanol–water partition coefficient (Wildman–Crippen LogP) is 3.85. The van der Waals surface area contributed by atoms with Crippen molar-refractivity contribution in [1.82, 2.24) is 0 Å². The first-order chi connectivity index (χ1) is 10.1. The first-order valence-electron chi connectivity index (χ1n) is 7.00. The topological polar surface area (TPSA) is 35.5 Å². The highest BCUT2D eigenvalue weighted by Crippen LogP contribution is 2.13. The van der Waals surface area contributed by atoms with Crippen molar-refractivity contribution in [2.24, 2.45) is 0 Å². The summed E-state index contributed by atoms with van der Waals surface area (Å²) in [7, 11) is 0. The fourth-order valence-electron chi connectivity index (χ4n) is 1.95. The third-order valence-electron chi connectivity index (χ3n) is 3.32. The quantitative estimate of drug-likeness (QED) is 0.618. The minimum absolute atomic E-state index is 0.236. The monoisotopic (exact) mass is 284 g/mol. The Bertz CT molecular complexity index is 632. The van der Waals surface area contributed by atoms with Crippen molar-refractivity contribution >= 4 is 5.97 Å². The van der Waals surface area contributed by atoms with E-state index in [9.17, 15) is 4.79 Å². The first kappa shape index (κ1) is 15.1. The van der Waals surface area contributed by atoms with Crippen molar-refractivity contribution in [3.8, 4) is 5.75 Å². The zero-order chi connectivity index (χ0) is 15.2. The van der Waals surface area contributed by atoms with Gasteiger partial charge in [0.25, 0.3) is 0 Å². The maximum atomic E-state index is 11.9. The van der Waals surface area contributed by atoms with Crippen LogP contribution in [0.1, 0.15) is 27.0 Å². The minimum atomic E-state index is -0.314. The number of carbonyl (C=O) groups excluding carboxylic acids is 1. The molecule has 2 aromatic rings. The summed E-state index contributed by atoms with van der Waals surface area (Å²) in [5, 5.41) is 0. The summed E-state index contributed by atoms with van der Waals surface area (Å²) in [5.41, 5.74) is 3.96. The van der Waals surface area contributed by atoms with Crippen LogP contribution < -0.4 is 4.74 Å². The van der Waals surface area contributed by atoms with Crippen molar-refractivity contribution in [1.29, 1.82) is 0 Å². The lowest BCUT2D eigenvalue weighted by Gasteiger charge is -2.09. The van der Waals surface area contributed by atoms with Gasteiger partial charge in [-0.1, -0.05) is 18.2 Å². The molecule has 2 aromatic carbocycles. The number of benzene rings is 2. The van der Waals surface area contributed by atoms with Gasteiger partial charge in [-0.2, -0.15) is 0 Å². The van der Waals surface area contributed by atoms with E-state index in [-0.39, 0.29) is 12.6 Å². The van der Waals surface area contributed by atoms with Gasteiger partial charge in [-0.05, 0) is 61.7 Å². The van der Waals surface area contributed by atoms with Crippen LogP contribution in [-0.4, -0.2) is 19.2 Å². The van der Waals surface area contributed by atoms with Crippen LogP contribution in [0, 0.1) is 20.8 Å². The van der Waals surface area contributed by atoms with Crippen LogP contribution >= 0.6 is 0 Å². The summed E-state index contributed by atoms with van der Waals surface area (Å²) in [6.45, 7) is 6.58. The van der Waals surface area contributed by atoms with Crippen molar-refractivity contribution < 1.29 is 14.3 Å². The molecule has 0 aromatic heterocycles. The van der Waals surface area contributed by atoms with Gasteiger partial charge >= 0.3 is 5.97 Å². The molecule has 2 rings (SSSR count). The molecule has 0 heterocycles. The molecule has 0 N–H and O–H groups in total. The molecule has 0 saturated heterocycles. The van der Waals surface area contributed by atoms with Crippen LogP contribution in [0.2, 0.25) is 0 Å². The highest BCUT2D eigenvalue weighted by molar-refractivity contribution is 5.89. The van der Waals surface area contributed by atoms with Crippen LogP contribution in [0.3, 0.4) is 0 Å². The SMILES string of the molecule is Cc1cccc(OCCOC(=O)c2ccc(C)c(C)c2)c1. The molecule has 0 saturated carbocycles. The van der Waals surface area contributed by atoms with E-state index in [0.717, 1.165) is 22.4 Å². The third kappa shape index (κ3) is 4.35. The molecule has 0 radical (unpaired) electrons. The van der Waals surface area contributed by atoms with Gasteiger partial charge in [-0.3, -0.25) is 0 Å². The molecule has 0 atom stereocenters. The first-order valence-corrected chi connectivity index (χ1v) is 7.00. The number of ether oxygens (including phenoxy) is 2. The predicted molar refractivity (Wildman–Crippen MR) is 82.9 cm³/mol. The lowest BCUT2D eigenvalue weighted by molar-refractivity contribution is 0.0450. The zero-order valence-corrected chi connectivity index (χ0v) is 12.7. The standard InChI is InChI=1S/C18H20O3/c1-13-5-4-6-17(11-13)20-9-10-21-18(19)16-8-7-14(2)15(3)12-16/h4-8,11-12H,9-10H2,1-3H3. The van der Waals surface area contributed by atoms with Gasteiger partial charge in [-0.25, -0.2) is 4.79 Å². The van der Waals surface area contributed by atoms with Gasteiger partial charge < -0.3 is 9.47 Å². The Labute approximate surface area is 125 Å². The Kier molecular flexibility index (Phi) is 4.99. The van der Waals surface area contributed by atoms with E-state index in [1.165, 1.54) is 0 Å². The summed E-state index contributed by atoms with van der Waals surface area (Å²) in [6, 6.07) is 13.3. The van der Waals surface area contributed by atoms with Crippen LogP contribution in [0.5, 0.6) is 5.75 Å². The molecule has 0 fully saturated rings. The molecule has 21 heavy (non-hydrogen) atoms. The molecule has 0 aliphatic heterocycles. The molecule has 110 valence electrons. The smallest absolute Gasteiger partial charge is 0.338 e. The summed E-state index contributed by atoms with van der Waals surface area (Å²) in [4.78, 5) is 11.9. The van der Waals surface area contributed by atoms with E-state index in [1.807, 2.05) is 57.2 Å². The van der Waals surface area contributed by atoms with Crippen LogP contribution in [0.15, 0.2) is 42.5 Å². The Morgan fingerprint density at radius 2 is 1.76 bits per heavy atom. The second-order valence-corrected chi connectivity index (χ2v) is 5.10. The van der Waals surface area contributed by atoms with Crippen molar-refractivity contribution in [3.63, 3.8) is 0 Å². The Morgan fingerprint density at radius 3 is 2.48 bits per heavy atom. The van der Waals surface area contributed by atoms with E-state index >= 15 is 0 Å². The third-order valence-corrected chi connectivity index (χ3v) is 3.32. The number of carbonyl (C=O) groups is 1. The average molecular weight is 284 g/mol. The van der Waals surface area contributed by atoms with Gasteiger partial charge in [0, 0.05) is 0 Å². The molecular formula is C18H20O3. The molecule has 0 aliphatic rings. The molecule has 0 unspecified atom stereocenters. The Morgan fingerprint density at radius 1 is 0.952 bits per heavy atom. The van der Waals surface area contributed by atoms with E-state index in [0.29, 0.717) is 12.2 Å². The normalized spacial score (nSPS) is 10.2. The molecule has 0 aliphatic carbocycles. The van der Waals surface area contributed by atoms with Crippen molar-refractivity contribution in [2.75, 3.05) is 13.2 Å². The average Bonchev–Trinajstić information content (AvgIpc) is 2.46. The van der Waals surface area contributed by atoms with Crippen LogP contribution in [0.4, 0.5) is 0 Å². The summed E-state index contributed by atoms with van der Waals surface area (Å²) < 4.78 is 10.7. The number of esters is 1. The number of hydrogen-bond acceptors (Lipinski definition) is 3. The Hall–Kier alpha value is -2.29. The van der Waals surface area contributed by atoms with Crippen LogP contribution in [0.25, 0.3) is 0 Å². The second kappa shape index (κ2) is 6.93. The van der Waals surface area contributed by atoms with E-state index < -0.39 is 0 Å². The molecule has 0 spiro atoms. The van der Waals surface area contributed by atoms with E-state index in [1.54, 1.807) is 6.07 Å². The van der Waals surface area contributed by atoms with Gasteiger partial charge in [-0.15, -0.1) is 0 Å². The summed E-state index contributed by atoms with van der Waals surface area (Å²) in [6.07, 6.45) is 0. The lowest BCUT2D eigenvalue weighted by Crippen LogP contribution is -2.12. The highest BCUT2D eigenvalue weighted by atomic mass is 16.6. The van der Waals surface area contributed by atoms with Gasteiger partial charge in [0.1, 0.15) is 19.0 Å². The highest BCUT2D eigenvalue weighted by Gasteiger charge is 2.08. The zero-order valence-electron chi connectivity index (χ0n) is 12.7. The van der Waals surface area contributed by atoms with E-state index in [4.69, 9.17) is 9.47 Å². The Balaban J connectivity index is 1.80. The fourth-order valence-corrected chi connectivity index (χ4v) is 1.95. The summed E-state index contributed by atoms with van der Waals surface area (Å²) >= 11 is 0. The molecule has 3 nitrogen and oxygen atoms in total. The van der Waals surface area contributed by atoms with E-state index in [2.05, 4.69) is 0 Å². The van der Waals surface area contributed by atoms with Crippen molar-refractivity contribution in [2.45, 2.75) is 20.8 Å².